The van der Waals surface area contributed by atoms with Crippen LogP contribution >= 0.6 is 0 Å². The molecule has 2 nitrogen and oxygen atoms in total. The average molecular weight is 182 g/mol. The fourth-order valence-electron chi connectivity index (χ4n) is 1.64. The van der Waals surface area contributed by atoms with Gasteiger partial charge in [-0.2, -0.15) is 0 Å². The third-order valence-corrected chi connectivity index (χ3v) is 2.26. The van der Waals surface area contributed by atoms with Gasteiger partial charge in [0.25, 0.3) is 0 Å². The minimum Gasteiger partial charge on any atom is -0.492 e. The highest BCUT2D eigenvalue weighted by molar-refractivity contribution is 5.45. The molecule has 0 saturated carbocycles. The van der Waals surface area contributed by atoms with Crippen LogP contribution in [0.15, 0.2) is 12.1 Å². The lowest BCUT2D eigenvalue weighted by Gasteiger charge is -2.11. The molecule has 0 radical (unpaired) electrons. The van der Waals surface area contributed by atoms with Gasteiger partial charge in [-0.05, 0) is 18.6 Å². The van der Waals surface area contributed by atoms with Gasteiger partial charge in [-0.1, -0.05) is 6.07 Å². The highest BCUT2D eigenvalue weighted by atomic mass is 19.1. The summed E-state index contributed by atoms with van der Waals surface area (Å²) in [5.41, 5.74) is 1.27. The Morgan fingerprint density at radius 2 is 2.31 bits per heavy atom. The Bertz CT molecular complexity index is 334. The summed E-state index contributed by atoms with van der Waals surface area (Å²) < 4.78 is 18.5. The smallest absolute Gasteiger partial charge is 0.132 e. The van der Waals surface area contributed by atoms with Crippen LogP contribution < -0.4 is 4.74 Å². The molecule has 2 rings (SSSR count). The minimum atomic E-state index is -0.812. The van der Waals surface area contributed by atoms with Gasteiger partial charge >= 0.3 is 0 Å². The van der Waals surface area contributed by atoms with Crippen molar-refractivity contribution in [1.29, 1.82) is 0 Å². The molecule has 3 heteroatoms. The molecule has 0 bridgehead atoms. The maximum absolute atomic E-state index is 13.3. The highest BCUT2D eigenvalue weighted by Gasteiger charge is 2.22. The van der Waals surface area contributed by atoms with E-state index in [-0.39, 0.29) is 5.56 Å². The summed E-state index contributed by atoms with van der Waals surface area (Å²) in [7, 11) is 0. The number of benzene rings is 1. The molecule has 13 heavy (non-hydrogen) atoms. The average Bonchev–Trinajstić information content (AvgIpc) is 2.50. The van der Waals surface area contributed by atoms with Crippen molar-refractivity contribution in [2.75, 3.05) is 6.61 Å². The van der Waals surface area contributed by atoms with Gasteiger partial charge in [-0.25, -0.2) is 4.39 Å². The summed E-state index contributed by atoms with van der Waals surface area (Å²) in [6.07, 6.45) is -0.0111. The predicted octanol–water partition coefficient (Wildman–Crippen LogP) is 1.81. The van der Waals surface area contributed by atoms with E-state index in [1.807, 2.05) is 0 Å². The first-order valence-corrected chi connectivity index (χ1v) is 4.32. The Balaban J connectivity index is 2.58. The van der Waals surface area contributed by atoms with E-state index in [9.17, 15) is 9.50 Å². The molecule has 1 unspecified atom stereocenters. The molecule has 1 aromatic rings. The van der Waals surface area contributed by atoms with Crippen LogP contribution in [0.2, 0.25) is 0 Å². The first-order valence-electron chi connectivity index (χ1n) is 4.32. The van der Waals surface area contributed by atoms with Crippen molar-refractivity contribution in [3.63, 3.8) is 0 Å². The van der Waals surface area contributed by atoms with Gasteiger partial charge in [0.2, 0.25) is 0 Å². The largest absolute Gasteiger partial charge is 0.492 e. The lowest BCUT2D eigenvalue weighted by molar-refractivity contribution is 0.188. The van der Waals surface area contributed by atoms with E-state index in [0.29, 0.717) is 12.4 Å². The Morgan fingerprint density at radius 3 is 3.00 bits per heavy atom. The summed E-state index contributed by atoms with van der Waals surface area (Å²) in [6.45, 7) is 2.12. The van der Waals surface area contributed by atoms with E-state index in [2.05, 4.69) is 0 Å². The monoisotopic (exact) mass is 182 g/mol. The molecule has 0 saturated heterocycles. The van der Waals surface area contributed by atoms with Crippen molar-refractivity contribution in [3.05, 3.63) is 29.1 Å². The number of halogens is 1. The highest BCUT2D eigenvalue weighted by Crippen LogP contribution is 2.35. The number of rotatable bonds is 1. The fraction of sp³-hybridized carbons (Fsp3) is 0.400. The van der Waals surface area contributed by atoms with Crippen molar-refractivity contribution in [2.45, 2.75) is 19.4 Å². The van der Waals surface area contributed by atoms with E-state index < -0.39 is 11.9 Å². The van der Waals surface area contributed by atoms with E-state index in [1.54, 1.807) is 13.0 Å². The van der Waals surface area contributed by atoms with Crippen LogP contribution in [0.4, 0.5) is 4.39 Å². The van der Waals surface area contributed by atoms with Gasteiger partial charge in [0.15, 0.2) is 0 Å². The van der Waals surface area contributed by atoms with Crippen LogP contribution in [-0.4, -0.2) is 11.7 Å². The number of aliphatic hydroxyl groups is 1. The van der Waals surface area contributed by atoms with E-state index in [1.165, 1.54) is 6.07 Å². The topological polar surface area (TPSA) is 29.5 Å². The molecule has 1 aliphatic heterocycles. The molecule has 0 fully saturated rings. The maximum Gasteiger partial charge on any atom is 0.132 e. The van der Waals surface area contributed by atoms with Gasteiger partial charge < -0.3 is 9.84 Å². The molecule has 0 aromatic heterocycles. The number of fused-ring (bicyclic) bond motifs is 1. The minimum absolute atomic E-state index is 0.287. The summed E-state index contributed by atoms with van der Waals surface area (Å²) in [6, 6.07) is 3.10. The van der Waals surface area contributed by atoms with Crippen molar-refractivity contribution in [1.82, 2.24) is 0 Å². The summed E-state index contributed by atoms with van der Waals surface area (Å²) in [5, 5.41) is 9.35. The van der Waals surface area contributed by atoms with E-state index >= 15 is 0 Å². The molecule has 1 heterocycles. The van der Waals surface area contributed by atoms with Crippen molar-refractivity contribution >= 4 is 0 Å². The van der Waals surface area contributed by atoms with Gasteiger partial charge in [0.1, 0.15) is 11.6 Å². The van der Waals surface area contributed by atoms with Gasteiger partial charge in [-0.15, -0.1) is 0 Å². The lowest BCUT2D eigenvalue weighted by atomic mass is 10.0. The molecular formula is C10H11FO2. The Kier molecular flexibility index (Phi) is 1.96. The summed E-state index contributed by atoms with van der Waals surface area (Å²) >= 11 is 0. The second-order valence-corrected chi connectivity index (χ2v) is 3.22. The van der Waals surface area contributed by atoms with Crippen LogP contribution in [-0.2, 0) is 6.42 Å². The van der Waals surface area contributed by atoms with Crippen molar-refractivity contribution in [2.24, 2.45) is 0 Å². The maximum atomic E-state index is 13.3. The zero-order valence-corrected chi connectivity index (χ0v) is 7.38. The molecule has 0 spiro atoms. The van der Waals surface area contributed by atoms with Crippen molar-refractivity contribution < 1.29 is 14.2 Å². The number of hydrogen-bond donors (Lipinski definition) is 1. The van der Waals surface area contributed by atoms with Crippen LogP contribution in [0.25, 0.3) is 0 Å². The zero-order chi connectivity index (χ0) is 9.42. The molecule has 0 amide bonds. The number of aliphatic hydroxyl groups excluding tert-OH is 1. The molecule has 0 aliphatic carbocycles. The zero-order valence-electron chi connectivity index (χ0n) is 7.38. The second kappa shape index (κ2) is 3.00. The Labute approximate surface area is 76.0 Å². The number of ether oxygens (including phenoxy) is 1. The van der Waals surface area contributed by atoms with Crippen LogP contribution in [0, 0.1) is 5.82 Å². The van der Waals surface area contributed by atoms with Crippen LogP contribution in [0.1, 0.15) is 24.2 Å². The van der Waals surface area contributed by atoms with Crippen LogP contribution in [0.3, 0.4) is 0 Å². The standard InChI is InChI=1S/C10H11FO2/c1-6(12)9-8(11)3-2-7-4-5-13-10(7)9/h2-3,6,12H,4-5H2,1H3. The van der Waals surface area contributed by atoms with Gasteiger partial charge in [0.05, 0.1) is 18.3 Å². The second-order valence-electron chi connectivity index (χ2n) is 3.22. The molecule has 1 atom stereocenters. The lowest BCUT2D eigenvalue weighted by Crippen LogP contribution is -1.99. The summed E-state index contributed by atoms with van der Waals surface area (Å²) in [4.78, 5) is 0. The van der Waals surface area contributed by atoms with E-state index in [0.717, 1.165) is 12.0 Å². The third kappa shape index (κ3) is 1.29. The molecular weight excluding hydrogens is 171 g/mol. The molecule has 1 N–H and O–H groups in total. The molecule has 1 aromatic carbocycles. The Morgan fingerprint density at radius 1 is 1.54 bits per heavy atom. The van der Waals surface area contributed by atoms with Gasteiger partial charge in [0, 0.05) is 6.42 Å². The Hall–Kier alpha value is -1.09. The summed E-state index contributed by atoms with van der Waals surface area (Å²) in [5.74, 6) is 0.144. The van der Waals surface area contributed by atoms with E-state index in [4.69, 9.17) is 4.74 Å². The third-order valence-electron chi connectivity index (χ3n) is 2.26. The number of hydrogen-bond acceptors (Lipinski definition) is 2. The first kappa shape index (κ1) is 8.51. The van der Waals surface area contributed by atoms with Gasteiger partial charge in [-0.3, -0.25) is 0 Å². The SMILES string of the molecule is CC(O)c1c(F)ccc2c1OCC2. The van der Waals surface area contributed by atoms with Crippen LogP contribution in [0.5, 0.6) is 5.75 Å². The first-order chi connectivity index (χ1) is 6.20. The molecule has 70 valence electrons. The predicted molar refractivity (Wildman–Crippen MR) is 46.2 cm³/mol. The quantitative estimate of drug-likeness (QED) is 0.717. The molecule has 1 aliphatic rings. The van der Waals surface area contributed by atoms with Crippen molar-refractivity contribution in [3.8, 4) is 5.75 Å². The normalized spacial score (nSPS) is 16.5. The fourth-order valence-corrected chi connectivity index (χ4v) is 1.64.